The van der Waals surface area contributed by atoms with Crippen LogP contribution >= 0.6 is 0 Å². The lowest BCUT2D eigenvalue weighted by molar-refractivity contribution is -0.116. The third kappa shape index (κ3) is 7.09. The highest BCUT2D eigenvalue weighted by molar-refractivity contribution is 6.07. The SMILES string of the molecule is CCOC(=O)Oc1ccc(C(=O)Nc2ccccc2NC(=O)CCc2ccc(OC)cc2)cc1. The number of carbonyl (C=O) groups is 3. The van der Waals surface area contributed by atoms with Gasteiger partial charge in [0.05, 0.1) is 25.1 Å². The highest BCUT2D eigenvalue weighted by Crippen LogP contribution is 2.23. The van der Waals surface area contributed by atoms with Gasteiger partial charge in [0.1, 0.15) is 11.5 Å². The smallest absolute Gasteiger partial charge is 0.497 e. The van der Waals surface area contributed by atoms with Crippen LogP contribution in [0.5, 0.6) is 11.5 Å². The van der Waals surface area contributed by atoms with Crippen molar-refractivity contribution in [1.29, 1.82) is 0 Å². The lowest BCUT2D eigenvalue weighted by Gasteiger charge is -2.13. The van der Waals surface area contributed by atoms with Crippen molar-refractivity contribution in [3.8, 4) is 11.5 Å². The first-order valence-electron chi connectivity index (χ1n) is 10.8. The van der Waals surface area contributed by atoms with Crippen molar-refractivity contribution >= 4 is 29.3 Å². The van der Waals surface area contributed by atoms with Crippen LogP contribution in [-0.2, 0) is 16.0 Å². The maximum atomic E-state index is 12.7. The predicted molar refractivity (Wildman–Crippen MR) is 128 cm³/mol. The molecule has 0 heterocycles. The third-order valence-electron chi connectivity index (χ3n) is 4.83. The number of benzene rings is 3. The molecule has 0 unspecified atom stereocenters. The van der Waals surface area contributed by atoms with E-state index < -0.39 is 6.16 Å². The summed E-state index contributed by atoms with van der Waals surface area (Å²) in [6.45, 7) is 1.88. The van der Waals surface area contributed by atoms with E-state index in [1.807, 2.05) is 24.3 Å². The third-order valence-corrected chi connectivity index (χ3v) is 4.83. The number of para-hydroxylation sites is 2. The molecule has 8 heteroatoms. The Bertz CT molecular complexity index is 1130. The van der Waals surface area contributed by atoms with Crippen LogP contribution in [0.3, 0.4) is 0 Å². The van der Waals surface area contributed by atoms with Crippen LogP contribution < -0.4 is 20.1 Å². The molecule has 0 atom stereocenters. The maximum absolute atomic E-state index is 12.7. The Kier molecular flexibility index (Phi) is 8.62. The Morgan fingerprint density at radius 2 is 1.41 bits per heavy atom. The highest BCUT2D eigenvalue weighted by atomic mass is 16.7. The van der Waals surface area contributed by atoms with Gasteiger partial charge in [-0.2, -0.15) is 0 Å². The number of anilines is 2. The van der Waals surface area contributed by atoms with Crippen molar-refractivity contribution in [3.63, 3.8) is 0 Å². The molecule has 34 heavy (non-hydrogen) atoms. The first-order valence-corrected chi connectivity index (χ1v) is 10.8. The average Bonchev–Trinajstić information content (AvgIpc) is 2.85. The predicted octanol–water partition coefficient (Wildman–Crippen LogP) is 5.05. The number of methoxy groups -OCH3 is 1. The van der Waals surface area contributed by atoms with Gasteiger partial charge in [-0.1, -0.05) is 24.3 Å². The maximum Gasteiger partial charge on any atom is 0.513 e. The van der Waals surface area contributed by atoms with Gasteiger partial charge < -0.3 is 24.8 Å². The van der Waals surface area contributed by atoms with Crippen LogP contribution in [0.4, 0.5) is 16.2 Å². The summed E-state index contributed by atoms with van der Waals surface area (Å²) in [4.78, 5) is 36.6. The van der Waals surface area contributed by atoms with Crippen LogP contribution in [0.2, 0.25) is 0 Å². The Morgan fingerprint density at radius 1 is 0.794 bits per heavy atom. The molecule has 0 aliphatic rings. The molecule has 0 bridgehead atoms. The number of hydrogen-bond donors (Lipinski definition) is 2. The molecule has 3 rings (SSSR count). The number of ether oxygens (including phenoxy) is 3. The quantitative estimate of drug-likeness (QED) is 0.341. The fraction of sp³-hybridized carbons (Fsp3) is 0.192. The van der Waals surface area contributed by atoms with Crippen molar-refractivity contribution in [2.75, 3.05) is 24.4 Å². The molecule has 0 spiro atoms. The van der Waals surface area contributed by atoms with Crippen LogP contribution in [0.15, 0.2) is 72.8 Å². The molecule has 0 fully saturated rings. The number of amides is 2. The van der Waals surface area contributed by atoms with Gasteiger partial charge in [0.2, 0.25) is 5.91 Å². The van der Waals surface area contributed by atoms with Crippen LogP contribution in [0, 0.1) is 0 Å². The molecule has 2 N–H and O–H groups in total. The van der Waals surface area contributed by atoms with Gasteiger partial charge in [0, 0.05) is 12.0 Å². The van der Waals surface area contributed by atoms with Crippen molar-refractivity contribution in [3.05, 3.63) is 83.9 Å². The minimum Gasteiger partial charge on any atom is -0.497 e. The van der Waals surface area contributed by atoms with Gasteiger partial charge in [-0.05, 0) is 67.4 Å². The van der Waals surface area contributed by atoms with Gasteiger partial charge in [-0.15, -0.1) is 0 Å². The normalized spacial score (nSPS) is 10.2. The van der Waals surface area contributed by atoms with E-state index in [-0.39, 0.29) is 30.6 Å². The highest BCUT2D eigenvalue weighted by Gasteiger charge is 2.12. The average molecular weight is 463 g/mol. The molecule has 0 aromatic heterocycles. The minimum atomic E-state index is -0.809. The van der Waals surface area contributed by atoms with Crippen LogP contribution in [0.25, 0.3) is 0 Å². The van der Waals surface area contributed by atoms with E-state index >= 15 is 0 Å². The molecule has 3 aromatic carbocycles. The monoisotopic (exact) mass is 462 g/mol. The Balaban J connectivity index is 1.58. The summed E-state index contributed by atoms with van der Waals surface area (Å²) in [5, 5.41) is 5.65. The summed E-state index contributed by atoms with van der Waals surface area (Å²) >= 11 is 0. The number of rotatable bonds is 9. The second-order valence-electron chi connectivity index (χ2n) is 7.21. The topological polar surface area (TPSA) is 103 Å². The van der Waals surface area contributed by atoms with Gasteiger partial charge in [0.25, 0.3) is 5.91 Å². The Labute approximate surface area is 197 Å². The number of carbonyl (C=O) groups excluding carboxylic acids is 3. The summed E-state index contributed by atoms with van der Waals surface area (Å²) in [5.74, 6) is 0.485. The standard InChI is InChI=1S/C26H26N2O6/c1-3-33-26(31)34-21-15-11-19(12-16-21)25(30)28-23-7-5-4-6-22(23)27-24(29)17-10-18-8-13-20(32-2)14-9-18/h4-9,11-16H,3,10,17H2,1-2H3,(H,27,29)(H,28,30). The zero-order valence-electron chi connectivity index (χ0n) is 19.0. The van der Waals surface area contributed by atoms with E-state index in [2.05, 4.69) is 10.6 Å². The van der Waals surface area contributed by atoms with E-state index in [4.69, 9.17) is 14.2 Å². The van der Waals surface area contributed by atoms with E-state index in [1.165, 1.54) is 24.3 Å². The molecule has 3 aromatic rings. The number of hydrogen-bond acceptors (Lipinski definition) is 6. The molecular formula is C26H26N2O6. The summed E-state index contributed by atoms with van der Waals surface area (Å²) in [6.07, 6.45) is 0.0533. The molecule has 0 saturated carbocycles. The van der Waals surface area contributed by atoms with Crippen molar-refractivity contribution in [1.82, 2.24) is 0 Å². The van der Waals surface area contributed by atoms with Gasteiger partial charge in [-0.25, -0.2) is 4.79 Å². The fourth-order valence-corrected chi connectivity index (χ4v) is 3.08. The second-order valence-corrected chi connectivity index (χ2v) is 7.21. The zero-order valence-corrected chi connectivity index (χ0v) is 19.0. The first-order chi connectivity index (χ1) is 16.5. The van der Waals surface area contributed by atoms with Crippen LogP contribution in [-0.4, -0.2) is 31.7 Å². The first kappa shape index (κ1) is 24.3. The molecule has 0 aliphatic carbocycles. The van der Waals surface area contributed by atoms with E-state index in [0.29, 0.717) is 23.4 Å². The Morgan fingerprint density at radius 3 is 2.03 bits per heavy atom. The molecular weight excluding hydrogens is 436 g/mol. The molecule has 176 valence electrons. The molecule has 2 amide bonds. The lowest BCUT2D eigenvalue weighted by atomic mass is 10.1. The van der Waals surface area contributed by atoms with Gasteiger partial charge >= 0.3 is 6.16 Å². The number of nitrogens with one attached hydrogen (secondary N) is 2. The summed E-state index contributed by atoms with van der Waals surface area (Å²) in [6, 6.07) is 20.6. The largest absolute Gasteiger partial charge is 0.513 e. The minimum absolute atomic E-state index is 0.169. The molecule has 0 saturated heterocycles. The van der Waals surface area contributed by atoms with E-state index in [9.17, 15) is 14.4 Å². The summed E-state index contributed by atoms with van der Waals surface area (Å²) in [7, 11) is 1.61. The van der Waals surface area contributed by atoms with Crippen molar-refractivity contribution in [2.45, 2.75) is 19.8 Å². The van der Waals surface area contributed by atoms with E-state index in [0.717, 1.165) is 11.3 Å². The summed E-state index contributed by atoms with van der Waals surface area (Å²) < 4.78 is 14.9. The van der Waals surface area contributed by atoms with Crippen LogP contribution in [0.1, 0.15) is 29.3 Å². The van der Waals surface area contributed by atoms with Crippen molar-refractivity contribution < 1.29 is 28.6 Å². The fourth-order valence-electron chi connectivity index (χ4n) is 3.08. The van der Waals surface area contributed by atoms with E-state index in [1.54, 1.807) is 38.3 Å². The molecule has 8 nitrogen and oxygen atoms in total. The molecule has 0 radical (unpaired) electrons. The van der Waals surface area contributed by atoms with Crippen molar-refractivity contribution in [2.24, 2.45) is 0 Å². The summed E-state index contributed by atoms with van der Waals surface area (Å²) in [5.41, 5.74) is 2.35. The second kappa shape index (κ2) is 12.1. The zero-order chi connectivity index (χ0) is 24.3. The molecule has 0 aliphatic heterocycles. The van der Waals surface area contributed by atoms with Gasteiger partial charge in [-0.3, -0.25) is 9.59 Å². The van der Waals surface area contributed by atoms with Gasteiger partial charge in [0.15, 0.2) is 0 Å². The lowest BCUT2D eigenvalue weighted by Crippen LogP contribution is -2.17. The number of aryl methyl sites for hydroxylation is 1. The Hall–Kier alpha value is -4.33.